The quantitative estimate of drug-likeness (QED) is 0.906. The maximum Gasteiger partial charge on any atom is 0.416 e. The van der Waals surface area contributed by atoms with Crippen molar-refractivity contribution in [3.63, 3.8) is 0 Å². The first-order valence-electron chi connectivity index (χ1n) is 5.42. The number of alkyl halides is 3. The molecule has 0 radical (unpaired) electrons. The molecule has 1 unspecified atom stereocenters. The van der Waals surface area contributed by atoms with E-state index in [1.807, 2.05) is 0 Å². The molecule has 0 bridgehead atoms. The third-order valence-corrected chi connectivity index (χ3v) is 3.11. The van der Waals surface area contributed by atoms with Crippen LogP contribution in [0.15, 0.2) is 47.1 Å². The lowest BCUT2D eigenvalue weighted by molar-refractivity contribution is -0.137. The number of hydrogen-bond acceptors (Lipinski definition) is 2. The molecule has 1 aromatic carbocycles. The number of halogens is 4. The van der Waals surface area contributed by atoms with Gasteiger partial charge in [-0.3, -0.25) is 4.98 Å². The number of pyridine rings is 1. The van der Waals surface area contributed by atoms with Crippen LogP contribution in [-0.2, 0) is 6.18 Å². The van der Waals surface area contributed by atoms with Crippen LogP contribution in [0.5, 0.6) is 0 Å². The fourth-order valence-electron chi connectivity index (χ4n) is 1.65. The van der Waals surface area contributed by atoms with Crippen LogP contribution in [-0.4, -0.2) is 4.98 Å². The Morgan fingerprint density at radius 3 is 2.47 bits per heavy atom. The lowest BCUT2D eigenvalue weighted by Gasteiger charge is -2.14. The molecular formula is C13H10BrF3N2. The Morgan fingerprint density at radius 1 is 1.16 bits per heavy atom. The summed E-state index contributed by atoms with van der Waals surface area (Å²) in [5.74, 6) is 0. The fourth-order valence-corrected chi connectivity index (χ4v) is 1.88. The number of nitrogens with two attached hydrogens (primary N) is 1. The standard InChI is InChI=1S/C13H10BrF3N2/c14-10-4-5-11(19-7-10)12(18)8-2-1-3-9(6-8)13(15,16)17/h1-7,12H,18H2. The predicted molar refractivity (Wildman–Crippen MR) is 69.4 cm³/mol. The minimum Gasteiger partial charge on any atom is -0.319 e. The molecular weight excluding hydrogens is 321 g/mol. The van der Waals surface area contributed by atoms with Gasteiger partial charge < -0.3 is 5.73 Å². The summed E-state index contributed by atoms with van der Waals surface area (Å²) in [5.41, 5.74) is 6.12. The SMILES string of the molecule is NC(c1cccc(C(F)(F)F)c1)c1ccc(Br)cn1. The van der Waals surface area contributed by atoms with Crippen molar-refractivity contribution >= 4 is 15.9 Å². The van der Waals surface area contributed by atoms with E-state index in [1.165, 1.54) is 6.07 Å². The van der Waals surface area contributed by atoms with Gasteiger partial charge in [-0.15, -0.1) is 0 Å². The molecule has 19 heavy (non-hydrogen) atoms. The number of aromatic nitrogens is 1. The molecule has 0 saturated carbocycles. The van der Waals surface area contributed by atoms with Gasteiger partial charge in [0.1, 0.15) is 0 Å². The molecule has 0 aliphatic carbocycles. The van der Waals surface area contributed by atoms with Crippen molar-refractivity contribution in [2.45, 2.75) is 12.2 Å². The van der Waals surface area contributed by atoms with Gasteiger partial charge >= 0.3 is 6.18 Å². The highest BCUT2D eigenvalue weighted by Gasteiger charge is 2.30. The normalized spacial score (nSPS) is 13.3. The summed E-state index contributed by atoms with van der Waals surface area (Å²) in [6, 6.07) is 7.71. The highest BCUT2D eigenvalue weighted by atomic mass is 79.9. The number of benzene rings is 1. The second kappa shape index (κ2) is 5.30. The summed E-state index contributed by atoms with van der Waals surface area (Å²) in [7, 11) is 0. The van der Waals surface area contributed by atoms with E-state index in [9.17, 15) is 13.2 Å². The van der Waals surface area contributed by atoms with E-state index in [1.54, 1.807) is 24.4 Å². The zero-order valence-corrected chi connectivity index (χ0v) is 11.2. The van der Waals surface area contributed by atoms with E-state index >= 15 is 0 Å². The van der Waals surface area contributed by atoms with Crippen LogP contribution in [0, 0.1) is 0 Å². The molecule has 1 atom stereocenters. The number of nitrogens with zero attached hydrogens (tertiary/aromatic N) is 1. The molecule has 0 amide bonds. The summed E-state index contributed by atoms with van der Waals surface area (Å²) in [5, 5.41) is 0. The van der Waals surface area contributed by atoms with Crippen molar-refractivity contribution < 1.29 is 13.2 Å². The summed E-state index contributed by atoms with van der Waals surface area (Å²) >= 11 is 3.24. The van der Waals surface area contributed by atoms with Crippen LogP contribution in [0.2, 0.25) is 0 Å². The Labute approximate surface area is 116 Å². The Balaban J connectivity index is 2.34. The Kier molecular flexibility index (Phi) is 3.91. The maximum atomic E-state index is 12.6. The zero-order valence-electron chi connectivity index (χ0n) is 9.66. The average Bonchev–Trinajstić information content (AvgIpc) is 2.38. The molecule has 0 spiro atoms. The maximum absolute atomic E-state index is 12.6. The molecule has 6 heteroatoms. The minimum absolute atomic E-state index is 0.379. The lowest BCUT2D eigenvalue weighted by atomic mass is 10.0. The monoisotopic (exact) mass is 330 g/mol. The largest absolute Gasteiger partial charge is 0.416 e. The lowest BCUT2D eigenvalue weighted by Crippen LogP contribution is -2.15. The third kappa shape index (κ3) is 3.33. The van der Waals surface area contributed by atoms with Crippen molar-refractivity contribution in [1.82, 2.24) is 4.98 Å². The van der Waals surface area contributed by atoms with Gasteiger partial charge in [-0.25, -0.2) is 0 Å². The molecule has 0 saturated heterocycles. The van der Waals surface area contributed by atoms with Gasteiger partial charge in [0.05, 0.1) is 17.3 Å². The van der Waals surface area contributed by atoms with Gasteiger partial charge in [0, 0.05) is 10.7 Å². The van der Waals surface area contributed by atoms with E-state index in [0.717, 1.165) is 16.6 Å². The van der Waals surface area contributed by atoms with Crippen LogP contribution < -0.4 is 5.73 Å². The van der Waals surface area contributed by atoms with Gasteiger partial charge in [-0.1, -0.05) is 12.1 Å². The molecule has 100 valence electrons. The summed E-state index contributed by atoms with van der Waals surface area (Å²) in [4.78, 5) is 4.09. The second-order valence-electron chi connectivity index (χ2n) is 4.00. The molecule has 1 heterocycles. The van der Waals surface area contributed by atoms with E-state index in [4.69, 9.17) is 5.73 Å². The molecule has 2 nitrogen and oxygen atoms in total. The Morgan fingerprint density at radius 2 is 1.89 bits per heavy atom. The molecule has 0 aliphatic rings. The van der Waals surface area contributed by atoms with Crippen LogP contribution in [0.3, 0.4) is 0 Å². The molecule has 0 aliphatic heterocycles. The minimum atomic E-state index is -4.37. The summed E-state index contributed by atoms with van der Waals surface area (Å²) in [6.07, 6.45) is -2.81. The predicted octanol–water partition coefficient (Wildman–Crippen LogP) is 3.91. The van der Waals surface area contributed by atoms with Gasteiger partial charge in [-0.2, -0.15) is 13.2 Å². The number of hydrogen-bond donors (Lipinski definition) is 1. The second-order valence-corrected chi connectivity index (χ2v) is 4.92. The average molecular weight is 331 g/mol. The Bertz CT molecular complexity index is 567. The highest BCUT2D eigenvalue weighted by molar-refractivity contribution is 9.10. The summed E-state index contributed by atoms with van der Waals surface area (Å²) in [6.45, 7) is 0. The molecule has 2 rings (SSSR count). The topological polar surface area (TPSA) is 38.9 Å². The van der Waals surface area contributed by atoms with Gasteiger partial charge in [-0.05, 0) is 45.8 Å². The molecule has 2 aromatic rings. The number of rotatable bonds is 2. The van der Waals surface area contributed by atoms with Crippen LogP contribution in [0.1, 0.15) is 22.9 Å². The van der Waals surface area contributed by atoms with Crippen molar-refractivity contribution in [1.29, 1.82) is 0 Å². The van der Waals surface area contributed by atoms with E-state index in [0.29, 0.717) is 11.3 Å². The Hall–Kier alpha value is -1.40. The van der Waals surface area contributed by atoms with Crippen molar-refractivity contribution in [2.75, 3.05) is 0 Å². The first-order chi connectivity index (χ1) is 8.88. The van der Waals surface area contributed by atoms with Gasteiger partial charge in [0.25, 0.3) is 0 Å². The van der Waals surface area contributed by atoms with Crippen LogP contribution in [0.25, 0.3) is 0 Å². The van der Waals surface area contributed by atoms with Crippen LogP contribution in [0.4, 0.5) is 13.2 Å². The molecule has 0 fully saturated rings. The van der Waals surface area contributed by atoms with Crippen molar-refractivity contribution in [3.8, 4) is 0 Å². The van der Waals surface area contributed by atoms with Gasteiger partial charge in [0.2, 0.25) is 0 Å². The first kappa shape index (κ1) is 14.0. The van der Waals surface area contributed by atoms with Crippen LogP contribution >= 0.6 is 15.9 Å². The highest BCUT2D eigenvalue weighted by Crippen LogP contribution is 2.31. The smallest absolute Gasteiger partial charge is 0.319 e. The van der Waals surface area contributed by atoms with E-state index in [2.05, 4.69) is 20.9 Å². The zero-order chi connectivity index (χ0) is 14.0. The molecule has 2 N–H and O–H groups in total. The fraction of sp³-hybridized carbons (Fsp3) is 0.154. The van der Waals surface area contributed by atoms with Crippen molar-refractivity contribution in [2.24, 2.45) is 5.73 Å². The van der Waals surface area contributed by atoms with E-state index < -0.39 is 17.8 Å². The van der Waals surface area contributed by atoms with E-state index in [-0.39, 0.29) is 0 Å². The van der Waals surface area contributed by atoms with Gasteiger partial charge in [0.15, 0.2) is 0 Å². The third-order valence-electron chi connectivity index (χ3n) is 2.64. The molecule has 1 aromatic heterocycles. The summed E-state index contributed by atoms with van der Waals surface area (Å²) < 4.78 is 38.7. The first-order valence-corrected chi connectivity index (χ1v) is 6.21. The van der Waals surface area contributed by atoms with Crippen molar-refractivity contribution in [3.05, 3.63) is 63.9 Å².